The van der Waals surface area contributed by atoms with E-state index in [0.29, 0.717) is 12.6 Å². The Morgan fingerprint density at radius 2 is 2.06 bits per heavy atom. The van der Waals surface area contributed by atoms with E-state index in [1.165, 1.54) is 0 Å². The number of nitrogens with two attached hydrogens (primary N) is 1. The van der Waals surface area contributed by atoms with Gasteiger partial charge >= 0.3 is 0 Å². The van der Waals surface area contributed by atoms with E-state index in [2.05, 4.69) is 53.7 Å². The van der Waals surface area contributed by atoms with Crippen LogP contribution in [-0.2, 0) is 0 Å². The molecule has 0 aliphatic carbocycles. The van der Waals surface area contributed by atoms with E-state index in [4.69, 9.17) is 10.2 Å². The molecule has 1 rings (SSSR count). The number of nitrogens with zero attached hydrogens (tertiary/aromatic N) is 2. The minimum absolute atomic E-state index is 0.135. The van der Waals surface area contributed by atoms with Crippen LogP contribution in [0.2, 0.25) is 0 Å². The Morgan fingerprint density at radius 1 is 1.39 bits per heavy atom. The van der Waals surface area contributed by atoms with Gasteiger partial charge in [0.15, 0.2) is 4.67 Å². The lowest BCUT2D eigenvalue weighted by atomic mass is 10.1. The Labute approximate surface area is 118 Å². The molecular formula is C13H24BrN3O. The molecule has 2 N–H and O–H groups in total. The number of rotatable bonds is 7. The van der Waals surface area contributed by atoms with Crippen LogP contribution in [0.25, 0.3) is 0 Å². The van der Waals surface area contributed by atoms with Gasteiger partial charge in [-0.15, -0.1) is 0 Å². The molecule has 104 valence electrons. The van der Waals surface area contributed by atoms with E-state index in [0.717, 1.165) is 23.5 Å². The van der Waals surface area contributed by atoms with Crippen molar-refractivity contribution in [2.24, 2.45) is 5.73 Å². The largest absolute Gasteiger partial charge is 0.453 e. The van der Waals surface area contributed by atoms with Crippen LogP contribution in [0.1, 0.15) is 25.6 Å². The fourth-order valence-electron chi connectivity index (χ4n) is 2.39. The molecule has 0 bridgehead atoms. The summed E-state index contributed by atoms with van der Waals surface area (Å²) in [5, 5.41) is 0. The normalized spacial score (nSPS) is 15.3. The summed E-state index contributed by atoms with van der Waals surface area (Å²) in [6.45, 7) is 6.91. The van der Waals surface area contributed by atoms with E-state index >= 15 is 0 Å². The third-order valence-electron chi connectivity index (χ3n) is 3.11. The Hall–Kier alpha value is -0.360. The van der Waals surface area contributed by atoms with Crippen LogP contribution in [0.5, 0.6) is 0 Å². The lowest BCUT2D eigenvalue weighted by Crippen LogP contribution is -2.44. The van der Waals surface area contributed by atoms with Crippen LogP contribution >= 0.6 is 15.9 Å². The summed E-state index contributed by atoms with van der Waals surface area (Å²) in [7, 11) is 4.18. The molecule has 1 aromatic heterocycles. The highest BCUT2D eigenvalue weighted by Crippen LogP contribution is 2.26. The average Bonchev–Trinajstić information content (AvgIpc) is 2.71. The maximum atomic E-state index is 5.93. The first-order valence-corrected chi connectivity index (χ1v) is 7.14. The Balaban J connectivity index is 2.83. The smallest absolute Gasteiger partial charge is 0.169 e. The molecule has 1 aromatic rings. The molecule has 4 nitrogen and oxygen atoms in total. The highest BCUT2D eigenvalue weighted by Gasteiger charge is 2.25. The van der Waals surface area contributed by atoms with Gasteiger partial charge in [0.1, 0.15) is 5.76 Å². The predicted molar refractivity (Wildman–Crippen MR) is 78.6 cm³/mol. The fraction of sp³-hybridized carbons (Fsp3) is 0.692. The molecule has 0 spiro atoms. The monoisotopic (exact) mass is 317 g/mol. The number of hydrogen-bond acceptors (Lipinski definition) is 4. The molecule has 0 aliphatic heterocycles. The van der Waals surface area contributed by atoms with Crippen molar-refractivity contribution in [2.45, 2.75) is 25.9 Å². The summed E-state index contributed by atoms with van der Waals surface area (Å²) in [4.78, 5) is 4.57. The Morgan fingerprint density at radius 3 is 2.44 bits per heavy atom. The highest BCUT2D eigenvalue weighted by atomic mass is 79.9. The quantitative estimate of drug-likeness (QED) is 0.838. The Kier molecular flexibility index (Phi) is 6.35. The van der Waals surface area contributed by atoms with Crippen molar-refractivity contribution < 1.29 is 4.42 Å². The summed E-state index contributed by atoms with van der Waals surface area (Å²) >= 11 is 3.34. The van der Waals surface area contributed by atoms with E-state index in [1.54, 1.807) is 0 Å². The zero-order chi connectivity index (χ0) is 13.7. The molecular weight excluding hydrogens is 294 g/mol. The zero-order valence-corrected chi connectivity index (χ0v) is 13.3. The Bertz CT molecular complexity index is 354. The van der Waals surface area contributed by atoms with E-state index in [9.17, 15) is 0 Å². The van der Waals surface area contributed by atoms with E-state index < -0.39 is 0 Å². The van der Waals surface area contributed by atoms with Crippen LogP contribution in [0, 0.1) is 0 Å². The molecule has 5 heteroatoms. The van der Waals surface area contributed by atoms with Crippen molar-refractivity contribution in [1.82, 2.24) is 9.80 Å². The van der Waals surface area contributed by atoms with Gasteiger partial charge in [0.2, 0.25) is 0 Å². The molecule has 1 heterocycles. The van der Waals surface area contributed by atoms with Crippen molar-refractivity contribution in [2.75, 3.05) is 33.7 Å². The first-order valence-electron chi connectivity index (χ1n) is 6.35. The maximum absolute atomic E-state index is 5.93. The molecule has 2 unspecified atom stereocenters. The summed E-state index contributed by atoms with van der Waals surface area (Å²) in [6, 6.07) is 4.48. The lowest BCUT2D eigenvalue weighted by Gasteiger charge is -2.35. The van der Waals surface area contributed by atoms with Gasteiger partial charge < -0.3 is 15.1 Å². The first-order chi connectivity index (χ1) is 8.49. The number of likely N-dealkylation sites (N-methyl/N-ethyl adjacent to an activating group) is 2. The summed E-state index contributed by atoms with van der Waals surface area (Å²) in [5.41, 5.74) is 5.93. The molecule has 0 radical (unpaired) electrons. The number of halogens is 1. The second kappa shape index (κ2) is 7.28. The van der Waals surface area contributed by atoms with E-state index in [1.807, 2.05) is 12.1 Å². The van der Waals surface area contributed by atoms with Crippen molar-refractivity contribution >= 4 is 15.9 Å². The summed E-state index contributed by atoms with van der Waals surface area (Å²) < 4.78 is 6.41. The molecule has 18 heavy (non-hydrogen) atoms. The highest BCUT2D eigenvalue weighted by molar-refractivity contribution is 9.10. The van der Waals surface area contributed by atoms with Crippen molar-refractivity contribution in [1.29, 1.82) is 0 Å². The van der Waals surface area contributed by atoms with E-state index in [-0.39, 0.29) is 6.04 Å². The molecule has 0 saturated carbocycles. The minimum atomic E-state index is 0.135. The molecule has 0 aliphatic rings. The van der Waals surface area contributed by atoms with Gasteiger partial charge in [-0.25, -0.2) is 0 Å². The van der Waals surface area contributed by atoms with Gasteiger partial charge in [0.25, 0.3) is 0 Å². The second-order valence-corrected chi connectivity index (χ2v) is 5.62. The van der Waals surface area contributed by atoms with Crippen molar-refractivity contribution in [3.63, 3.8) is 0 Å². The van der Waals surface area contributed by atoms with Gasteiger partial charge in [0, 0.05) is 19.1 Å². The first kappa shape index (κ1) is 15.7. The van der Waals surface area contributed by atoms with Crippen molar-refractivity contribution in [3.05, 3.63) is 22.6 Å². The molecule has 0 fully saturated rings. The van der Waals surface area contributed by atoms with Gasteiger partial charge in [-0.05, 0) is 55.6 Å². The van der Waals surface area contributed by atoms with Crippen LogP contribution < -0.4 is 5.73 Å². The minimum Gasteiger partial charge on any atom is -0.453 e. The van der Waals surface area contributed by atoms with Crippen LogP contribution in [0.3, 0.4) is 0 Å². The molecule has 2 atom stereocenters. The van der Waals surface area contributed by atoms with Crippen molar-refractivity contribution in [3.8, 4) is 0 Å². The molecule has 0 aromatic carbocycles. The topological polar surface area (TPSA) is 45.6 Å². The predicted octanol–water partition coefficient (Wildman–Crippen LogP) is 2.31. The molecule has 0 amide bonds. The molecule has 0 saturated heterocycles. The van der Waals surface area contributed by atoms with Crippen LogP contribution in [0.15, 0.2) is 21.2 Å². The van der Waals surface area contributed by atoms with Crippen LogP contribution in [0.4, 0.5) is 0 Å². The van der Waals surface area contributed by atoms with Gasteiger partial charge in [-0.2, -0.15) is 0 Å². The van der Waals surface area contributed by atoms with Crippen LogP contribution in [-0.4, -0.2) is 49.6 Å². The van der Waals surface area contributed by atoms with Gasteiger partial charge in [-0.3, -0.25) is 4.90 Å². The standard InChI is InChI=1S/C13H24BrN3O/c1-5-17(10(2)9-16(3)4)11(8-15)12-6-7-13(14)18-12/h6-7,10-11H,5,8-9,15H2,1-4H3. The lowest BCUT2D eigenvalue weighted by molar-refractivity contribution is 0.116. The maximum Gasteiger partial charge on any atom is 0.169 e. The van der Waals surface area contributed by atoms with Gasteiger partial charge in [0.05, 0.1) is 6.04 Å². The number of furan rings is 1. The number of hydrogen-bond donors (Lipinski definition) is 1. The zero-order valence-electron chi connectivity index (χ0n) is 11.7. The summed E-state index contributed by atoms with van der Waals surface area (Å²) in [5.74, 6) is 0.928. The average molecular weight is 318 g/mol. The second-order valence-electron chi connectivity index (χ2n) is 4.84. The summed E-state index contributed by atoms with van der Waals surface area (Å²) in [6.07, 6.45) is 0. The SMILES string of the molecule is CCN(C(C)CN(C)C)C(CN)c1ccc(Br)o1. The van der Waals surface area contributed by atoms with Gasteiger partial charge in [-0.1, -0.05) is 6.92 Å². The fourth-order valence-corrected chi connectivity index (χ4v) is 2.71. The third-order valence-corrected chi connectivity index (χ3v) is 3.53. The third kappa shape index (κ3) is 4.09.